The third-order valence-electron chi connectivity index (χ3n) is 2.62. The van der Waals surface area contributed by atoms with Gasteiger partial charge in [0.25, 0.3) is 5.91 Å². The Morgan fingerprint density at radius 1 is 1.39 bits per heavy atom. The molecule has 0 fully saturated rings. The van der Waals surface area contributed by atoms with Crippen LogP contribution in [0.5, 0.6) is 0 Å². The smallest absolute Gasteiger partial charge is 0.251 e. The van der Waals surface area contributed by atoms with E-state index in [1.165, 1.54) is 6.20 Å². The number of fused-ring (bicyclic) bond motifs is 1. The maximum atomic E-state index is 11.9. The second-order valence-electron chi connectivity index (χ2n) is 3.83. The van der Waals surface area contributed by atoms with Crippen molar-refractivity contribution < 1.29 is 9.32 Å². The van der Waals surface area contributed by atoms with Gasteiger partial charge in [0.15, 0.2) is 5.76 Å². The SMILES string of the molecule is O=C(NCc1ccno1)c1ccc2cn[nH]c2c1. The lowest BCUT2D eigenvalue weighted by Crippen LogP contribution is -2.22. The first-order chi connectivity index (χ1) is 8.83. The number of H-pyrrole nitrogens is 1. The van der Waals surface area contributed by atoms with E-state index in [1.54, 1.807) is 24.4 Å². The fourth-order valence-electron chi connectivity index (χ4n) is 1.68. The van der Waals surface area contributed by atoms with Crippen LogP contribution in [0.3, 0.4) is 0 Å². The van der Waals surface area contributed by atoms with Gasteiger partial charge in [-0.15, -0.1) is 0 Å². The van der Waals surface area contributed by atoms with E-state index in [0.717, 1.165) is 10.9 Å². The van der Waals surface area contributed by atoms with E-state index >= 15 is 0 Å². The first-order valence-electron chi connectivity index (χ1n) is 5.44. The Kier molecular flexibility index (Phi) is 2.53. The number of amides is 1. The van der Waals surface area contributed by atoms with Crippen LogP contribution in [0.4, 0.5) is 0 Å². The molecule has 0 bridgehead atoms. The first-order valence-corrected chi connectivity index (χ1v) is 5.44. The van der Waals surface area contributed by atoms with Gasteiger partial charge >= 0.3 is 0 Å². The van der Waals surface area contributed by atoms with Gasteiger partial charge in [-0.2, -0.15) is 5.10 Å². The molecule has 0 aliphatic carbocycles. The van der Waals surface area contributed by atoms with E-state index in [4.69, 9.17) is 4.52 Å². The molecule has 2 aromatic heterocycles. The molecule has 0 spiro atoms. The molecule has 0 atom stereocenters. The second kappa shape index (κ2) is 4.33. The van der Waals surface area contributed by atoms with Gasteiger partial charge in [-0.05, 0) is 12.1 Å². The van der Waals surface area contributed by atoms with Crippen LogP contribution in [0.25, 0.3) is 10.9 Å². The van der Waals surface area contributed by atoms with E-state index < -0.39 is 0 Å². The molecule has 90 valence electrons. The Morgan fingerprint density at radius 2 is 2.33 bits per heavy atom. The van der Waals surface area contributed by atoms with Crippen LogP contribution in [-0.2, 0) is 6.54 Å². The monoisotopic (exact) mass is 242 g/mol. The maximum Gasteiger partial charge on any atom is 0.251 e. The molecular formula is C12H10N4O2. The third-order valence-corrected chi connectivity index (χ3v) is 2.62. The number of nitrogens with zero attached hydrogens (tertiary/aromatic N) is 2. The quantitative estimate of drug-likeness (QED) is 0.728. The molecule has 0 saturated heterocycles. The van der Waals surface area contributed by atoms with Crippen molar-refractivity contribution in [2.75, 3.05) is 0 Å². The average molecular weight is 242 g/mol. The highest BCUT2D eigenvalue weighted by atomic mass is 16.5. The molecule has 0 unspecified atom stereocenters. The Bertz CT molecular complexity index is 672. The summed E-state index contributed by atoms with van der Waals surface area (Å²) in [5, 5.41) is 14.0. The fraction of sp³-hybridized carbons (Fsp3) is 0.0833. The number of aromatic amines is 1. The van der Waals surface area contributed by atoms with Gasteiger partial charge in [0.05, 0.1) is 24.5 Å². The van der Waals surface area contributed by atoms with Crippen molar-refractivity contribution in [1.82, 2.24) is 20.7 Å². The van der Waals surface area contributed by atoms with Gasteiger partial charge in [0.2, 0.25) is 0 Å². The topological polar surface area (TPSA) is 83.8 Å². The minimum absolute atomic E-state index is 0.164. The lowest BCUT2D eigenvalue weighted by molar-refractivity contribution is 0.0947. The van der Waals surface area contributed by atoms with Crippen LogP contribution < -0.4 is 5.32 Å². The summed E-state index contributed by atoms with van der Waals surface area (Å²) in [6.45, 7) is 0.319. The van der Waals surface area contributed by atoms with E-state index in [-0.39, 0.29) is 5.91 Å². The lowest BCUT2D eigenvalue weighted by Gasteiger charge is -2.02. The van der Waals surface area contributed by atoms with Gasteiger partial charge in [0, 0.05) is 17.0 Å². The highest BCUT2D eigenvalue weighted by Gasteiger charge is 2.07. The summed E-state index contributed by atoms with van der Waals surface area (Å²) in [7, 11) is 0. The van der Waals surface area contributed by atoms with Crippen molar-refractivity contribution in [3.8, 4) is 0 Å². The second-order valence-corrected chi connectivity index (χ2v) is 3.83. The predicted octanol–water partition coefficient (Wildman–Crippen LogP) is 1.48. The Morgan fingerprint density at radius 3 is 3.17 bits per heavy atom. The van der Waals surface area contributed by atoms with Crippen molar-refractivity contribution in [3.05, 3.63) is 48.0 Å². The Labute approximate surface area is 102 Å². The van der Waals surface area contributed by atoms with Crippen LogP contribution in [0, 0.1) is 0 Å². The molecule has 0 aliphatic rings. The fourth-order valence-corrected chi connectivity index (χ4v) is 1.68. The van der Waals surface area contributed by atoms with E-state index in [2.05, 4.69) is 20.7 Å². The number of benzene rings is 1. The number of carbonyl (C=O) groups is 1. The minimum atomic E-state index is -0.164. The number of nitrogens with one attached hydrogen (secondary N) is 2. The highest BCUT2D eigenvalue weighted by Crippen LogP contribution is 2.12. The molecule has 1 aromatic carbocycles. The summed E-state index contributed by atoms with van der Waals surface area (Å²) in [5.74, 6) is 0.453. The highest BCUT2D eigenvalue weighted by molar-refractivity contribution is 5.97. The van der Waals surface area contributed by atoms with Crippen LogP contribution in [0.15, 0.2) is 41.2 Å². The number of hydrogen-bond acceptors (Lipinski definition) is 4. The Hall–Kier alpha value is -2.63. The molecule has 0 radical (unpaired) electrons. The summed E-state index contributed by atoms with van der Waals surface area (Å²) >= 11 is 0. The molecule has 2 N–H and O–H groups in total. The number of aromatic nitrogens is 3. The van der Waals surface area contributed by atoms with Crippen molar-refractivity contribution in [3.63, 3.8) is 0 Å². The van der Waals surface area contributed by atoms with Crippen molar-refractivity contribution in [2.45, 2.75) is 6.54 Å². The van der Waals surface area contributed by atoms with Crippen molar-refractivity contribution in [1.29, 1.82) is 0 Å². The average Bonchev–Trinajstić information content (AvgIpc) is 3.05. The first kappa shape index (κ1) is 10.5. The summed E-state index contributed by atoms with van der Waals surface area (Å²) < 4.78 is 4.90. The standard InChI is InChI=1S/C12H10N4O2/c17-12(13-7-10-3-4-15-18-10)8-1-2-9-6-14-16-11(9)5-8/h1-6H,7H2,(H,13,17)(H,14,16). The molecule has 3 rings (SSSR count). The molecule has 2 heterocycles. The zero-order chi connectivity index (χ0) is 12.4. The summed E-state index contributed by atoms with van der Waals surface area (Å²) in [5.41, 5.74) is 1.41. The predicted molar refractivity (Wildman–Crippen MR) is 63.8 cm³/mol. The number of hydrogen-bond donors (Lipinski definition) is 2. The van der Waals surface area contributed by atoms with Crippen LogP contribution in [0.2, 0.25) is 0 Å². The third kappa shape index (κ3) is 1.95. The molecule has 6 nitrogen and oxygen atoms in total. The van der Waals surface area contributed by atoms with Crippen molar-refractivity contribution in [2.24, 2.45) is 0 Å². The lowest BCUT2D eigenvalue weighted by atomic mass is 10.1. The van der Waals surface area contributed by atoms with Gasteiger partial charge in [0.1, 0.15) is 0 Å². The normalized spacial score (nSPS) is 10.7. The van der Waals surface area contributed by atoms with E-state index in [0.29, 0.717) is 17.9 Å². The Balaban J connectivity index is 1.75. The maximum absolute atomic E-state index is 11.9. The van der Waals surface area contributed by atoms with Crippen LogP contribution in [-0.4, -0.2) is 21.3 Å². The largest absolute Gasteiger partial charge is 0.360 e. The number of carbonyl (C=O) groups excluding carboxylic acids is 1. The molecule has 6 heteroatoms. The van der Waals surface area contributed by atoms with Gasteiger partial charge in [-0.25, -0.2) is 0 Å². The van der Waals surface area contributed by atoms with Gasteiger partial charge in [-0.3, -0.25) is 9.89 Å². The summed E-state index contributed by atoms with van der Waals surface area (Å²) in [6.07, 6.45) is 3.25. The minimum Gasteiger partial charge on any atom is -0.360 e. The van der Waals surface area contributed by atoms with Gasteiger partial charge < -0.3 is 9.84 Å². The molecule has 3 aromatic rings. The van der Waals surface area contributed by atoms with Crippen LogP contribution >= 0.6 is 0 Å². The van der Waals surface area contributed by atoms with Crippen molar-refractivity contribution >= 4 is 16.8 Å². The summed E-state index contributed by atoms with van der Waals surface area (Å²) in [4.78, 5) is 11.9. The molecule has 18 heavy (non-hydrogen) atoms. The summed E-state index contributed by atoms with van der Waals surface area (Å²) in [6, 6.07) is 7.08. The molecule has 0 aliphatic heterocycles. The van der Waals surface area contributed by atoms with Gasteiger partial charge in [-0.1, -0.05) is 11.2 Å². The molecular weight excluding hydrogens is 232 g/mol. The zero-order valence-electron chi connectivity index (χ0n) is 9.38. The van der Waals surface area contributed by atoms with E-state index in [9.17, 15) is 4.79 Å². The molecule has 0 saturated carbocycles. The number of rotatable bonds is 3. The zero-order valence-corrected chi connectivity index (χ0v) is 9.38. The van der Waals surface area contributed by atoms with E-state index in [1.807, 2.05) is 6.07 Å². The van der Waals surface area contributed by atoms with Crippen LogP contribution in [0.1, 0.15) is 16.1 Å². The molecule has 1 amide bonds.